The van der Waals surface area contributed by atoms with Crippen LogP contribution in [-0.4, -0.2) is 31.9 Å². The largest absolute Gasteiger partial charge is 0.507 e. The number of nitrogens with one attached hydrogen (secondary N) is 1. The zero-order valence-electron chi connectivity index (χ0n) is 10.9. The number of carboxylic acid groups (broad SMARTS) is 1. The maximum atomic E-state index is 12.1. The number of aliphatic carboxylic acids is 1. The van der Waals surface area contributed by atoms with Crippen molar-refractivity contribution in [2.75, 3.05) is 0 Å². The van der Waals surface area contributed by atoms with Crippen molar-refractivity contribution >= 4 is 34.5 Å². The summed E-state index contributed by atoms with van der Waals surface area (Å²) in [5.41, 5.74) is 0.552. The van der Waals surface area contributed by atoms with E-state index in [0.717, 1.165) is 0 Å². The summed E-state index contributed by atoms with van der Waals surface area (Å²) in [5.74, 6) is -1.81. The molecule has 3 N–H and O–H groups in total. The summed E-state index contributed by atoms with van der Waals surface area (Å²) in [6.45, 7) is 0. The summed E-state index contributed by atoms with van der Waals surface area (Å²) < 4.78 is 2.06. The van der Waals surface area contributed by atoms with Crippen LogP contribution in [0.3, 0.4) is 0 Å². The third-order valence-corrected chi connectivity index (χ3v) is 3.70. The van der Waals surface area contributed by atoms with Crippen LogP contribution in [0.2, 0.25) is 0 Å². The predicted molar refractivity (Wildman–Crippen MR) is 81.9 cm³/mol. The number of carboxylic acids is 1. The molecule has 0 bridgehead atoms. The Balaban J connectivity index is 2.22. The first-order valence-corrected chi connectivity index (χ1v) is 6.97. The number of carbonyl (C=O) groups excluding carboxylic acids is 1. The molecule has 1 amide bonds. The van der Waals surface area contributed by atoms with Gasteiger partial charge >= 0.3 is 5.97 Å². The highest BCUT2D eigenvalue weighted by atomic mass is 127. The van der Waals surface area contributed by atoms with E-state index in [9.17, 15) is 19.8 Å². The van der Waals surface area contributed by atoms with Crippen LogP contribution in [0.25, 0.3) is 0 Å². The number of amides is 1. The van der Waals surface area contributed by atoms with Gasteiger partial charge in [-0.25, -0.2) is 4.79 Å². The molecule has 0 radical (unpaired) electrons. The van der Waals surface area contributed by atoms with Gasteiger partial charge in [0.15, 0.2) is 6.04 Å². The molecule has 7 nitrogen and oxygen atoms in total. The summed E-state index contributed by atoms with van der Waals surface area (Å²) in [7, 11) is 1.65. The molecular weight excluding hydrogens is 389 g/mol. The lowest BCUT2D eigenvalue weighted by Crippen LogP contribution is -2.33. The Hall–Kier alpha value is -2.10. The molecular formula is C13H12IN3O4. The molecule has 110 valence electrons. The Labute approximate surface area is 133 Å². The molecule has 1 aromatic carbocycles. The van der Waals surface area contributed by atoms with Gasteiger partial charge in [-0.3, -0.25) is 9.48 Å². The second-order valence-electron chi connectivity index (χ2n) is 4.36. The van der Waals surface area contributed by atoms with Gasteiger partial charge in [-0.15, -0.1) is 0 Å². The molecule has 1 unspecified atom stereocenters. The van der Waals surface area contributed by atoms with Gasteiger partial charge in [0.1, 0.15) is 5.75 Å². The Kier molecular flexibility index (Phi) is 4.46. The van der Waals surface area contributed by atoms with Crippen LogP contribution in [0.4, 0.5) is 0 Å². The van der Waals surface area contributed by atoms with E-state index in [1.54, 1.807) is 13.1 Å². The maximum Gasteiger partial charge on any atom is 0.331 e. The van der Waals surface area contributed by atoms with Crippen molar-refractivity contribution in [2.45, 2.75) is 6.04 Å². The average Bonchev–Trinajstić information content (AvgIpc) is 2.84. The third kappa shape index (κ3) is 3.51. The summed E-state index contributed by atoms with van der Waals surface area (Å²) in [6, 6.07) is 3.18. The number of hydrogen-bond acceptors (Lipinski definition) is 4. The molecule has 0 aliphatic rings. The Bertz CT molecular complexity index is 698. The minimum absolute atomic E-state index is 0.0310. The van der Waals surface area contributed by atoms with Gasteiger partial charge < -0.3 is 15.5 Å². The summed E-state index contributed by atoms with van der Waals surface area (Å²) in [5, 5.41) is 25.1. The number of nitrogens with zero attached hydrogens (tertiary/aromatic N) is 2. The average molecular weight is 401 g/mol. The Morgan fingerprint density at radius 1 is 1.43 bits per heavy atom. The van der Waals surface area contributed by atoms with Crippen LogP contribution in [0.15, 0.2) is 30.6 Å². The zero-order valence-corrected chi connectivity index (χ0v) is 13.1. The first kappa shape index (κ1) is 15.3. The van der Waals surface area contributed by atoms with Gasteiger partial charge in [0, 0.05) is 24.4 Å². The minimum atomic E-state index is -1.20. The number of aromatic hydroxyl groups is 1. The van der Waals surface area contributed by atoms with E-state index in [2.05, 4.69) is 10.4 Å². The van der Waals surface area contributed by atoms with Crippen molar-refractivity contribution in [2.24, 2.45) is 7.05 Å². The summed E-state index contributed by atoms with van der Waals surface area (Å²) in [6.07, 6.45) is 2.90. The summed E-state index contributed by atoms with van der Waals surface area (Å²) >= 11 is 1.93. The first-order chi connectivity index (χ1) is 9.88. The Morgan fingerprint density at radius 2 is 2.14 bits per heavy atom. The van der Waals surface area contributed by atoms with E-state index in [1.165, 1.54) is 29.2 Å². The molecule has 1 aromatic heterocycles. The Morgan fingerprint density at radius 3 is 2.67 bits per heavy atom. The molecule has 0 spiro atoms. The third-order valence-electron chi connectivity index (χ3n) is 2.79. The molecule has 0 saturated carbocycles. The zero-order chi connectivity index (χ0) is 15.6. The van der Waals surface area contributed by atoms with Crippen LogP contribution >= 0.6 is 22.6 Å². The number of aromatic nitrogens is 2. The van der Waals surface area contributed by atoms with Gasteiger partial charge in [0.2, 0.25) is 0 Å². The van der Waals surface area contributed by atoms with Gasteiger partial charge in [-0.2, -0.15) is 5.10 Å². The van der Waals surface area contributed by atoms with E-state index in [1.807, 2.05) is 22.6 Å². The smallest absolute Gasteiger partial charge is 0.331 e. The van der Waals surface area contributed by atoms with Crippen molar-refractivity contribution < 1.29 is 19.8 Å². The molecule has 2 aromatic rings. The number of phenolic OH excluding ortho intramolecular Hbond substituents is 1. The van der Waals surface area contributed by atoms with Gasteiger partial charge in [-0.1, -0.05) is 0 Å². The van der Waals surface area contributed by atoms with Gasteiger partial charge in [0.05, 0.1) is 9.77 Å². The van der Waals surface area contributed by atoms with E-state index >= 15 is 0 Å². The highest BCUT2D eigenvalue weighted by Crippen LogP contribution is 2.21. The van der Waals surface area contributed by atoms with Crippen LogP contribution < -0.4 is 5.32 Å². The molecule has 0 fully saturated rings. The lowest BCUT2D eigenvalue weighted by Gasteiger charge is -2.13. The second-order valence-corrected chi connectivity index (χ2v) is 5.52. The molecule has 0 aliphatic heterocycles. The maximum absolute atomic E-state index is 12.1. The monoisotopic (exact) mass is 401 g/mol. The van der Waals surface area contributed by atoms with E-state index in [0.29, 0.717) is 9.13 Å². The molecule has 2 rings (SSSR count). The van der Waals surface area contributed by atoms with E-state index in [4.69, 9.17) is 0 Å². The standard InChI is InChI=1S/C13H12IN3O4/c1-17-6-8(5-15-17)11(13(20)21)16-12(19)7-2-3-9(14)10(18)4-7/h2-6,11,18H,1H3,(H,16,19)(H,20,21). The number of carbonyl (C=O) groups is 2. The SMILES string of the molecule is Cn1cc(C(NC(=O)c2ccc(I)c(O)c2)C(=O)O)cn1. The molecule has 8 heteroatoms. The fourth-order valence-electron chi connectivity index (χ4n) is 1.75. The van der Waals surface area contributed by atoms with Crippen molar-refractivity contribution in [3.8, 4) is 5.75 Å². The lowest BCUT2D eigenvalue weighted by molar-refractivity contribution is -0.139. The molecule has 21 heavy (non-hydrogen) atoms. The van der Waals surface area contributed by atoms with Crippen molar-refractivity contribution in [3.63, 3.8) is 0 Å². The molecule has 0 aliphatic carbocycles. The molecule has 0 saturated heterocycles. The van der Waals surface area contributed by atoms with Crippen LogP contribution in [0.1, 0.15) is 22.0 Å². The number of phenols is 1. The number of rotatable bonds is 4. The molecule has 1 atom stereocenters. The lowest BCUT2D eigenvalue weighted by atomic mass is 10.1. The van der Waals surface area contributed by atoms with Gasteiger partial charge in [0.25, 0.3) is 5.91 Å². The van der Waals surface area contributed by atoms with Gasteiger partial charge in [-0.05, 0) is 40.8 Å². The van der Waals surface area contributed by atoms with Crippen molar-refractivity contribution in [3.05, 3.63) is 45.3 Å². The minimum Gasteiger partial charge on any atom is -0.507 e. The number of hydrogen-bond donors (Lipinski definition) is 3. The van der Waals surface area contributed by atoms with E-state index in [-0.39, 0.29) is 11.3 Å². The molecule has 1 heterocycles. The van der Waals surface area contributed by atoms with E-state index < -0.39 is 17.9 Å². The number of aryl methyl sites for hydroxylation is 1. The highest BCUT2D eigenvalue weighted by molar-refractivity contribution is 14.1. The van der Waals surface area contributed by atoms with Crippen LogP contribution in [0, 0.1) is 3.57 Å². The number of halogens is 1. The fraction of sp³-hybridized carbons (Fsp3) is 0.154. The second kappa shape index (κ2) is 6.12. The highest BCUT2D eigenvalue weighted by Gasteiger charge is 2.24. The topological polar surface area (TPSA) is 104 Å². The number of benzene rings is 1. The van der Waals surface area contributed by atoms with Crippen molar-refractivity contribution in [1.29, 1.82) is 0 Å². The predicted octanol–water partition coefficient (Wildman–Crippen LogP) is 1.29. The fourth-order valence-corrected chi connectivity index (χ4v) is 2.08. The summed E-state index contributed by atoms with van der Waals surface area (Å²) in [4.78, 5) is 23.4. The van der Waals surface area contributed by atoms with Crippen LogP contribution in [-0.2, 0) is 11.8 Å². The van der Waals surface area contributed by atoms with Crippen molar-refractivity contribution in [1.82, 2.24) is 15.1 Å². The quantitative estimate of drug-likeness (QED) is 0.670. The normalized spacial score (nSPS) is 11.9. The van der Waals surface area contributed by atoms with Crippen LogP contribution in [0.5, 0.6) is 5.75 Å². The first-order valence-electron chi connectivity index (χ1n) is 5.89.